The number of primary amides is 1. The maximum atomic E-state index is 13.7. The highest BCUT2D eigenvalue weighted by Gasteiger charge is 2.16. The van der Waals surface area contributed by atoms with Crippen molar-refractivity contribution in [1.82, 2.24) is 4.90 Å². The van der Waals surface area contributed by atoms with Gasteiger partial charge in [0.05, 0.1) is 7.11 Å². The third-order valence-electron chi connectivity index (χ3n) is 3.49. The van der Waals surface area contributed by atoms with E-state index in [2.05, 4.69) is 0 Å². The molecule has 132 valence electrons. The normalized spacial score (nSPS) is 10.2. The Kier molecular flexibility index (Phi) is 5.94. The molecule has 0 spiro atoms. The summed E-state index contributed by atoms with van der Waals surface area (Å²) in [5.41, 5.74) is 5.81. The molecule has 0 saturated carbocycles. The van der Waals surface area contributed by atoms with Crippen molar-refractivity contribution in [2.45, 2.75) is 6.54 Å². The molecular formula is C18H19FN2O4. The Morgan fingerprint density at radius 1 is 1.16 bits per heavy atom. The van der Waals surface area contributed by atoms with Crippen molar-refractivity contribution in [3.63, 3.8) is 0 Å². The molecule has 0 aromatic heterocycles. The molecule has 6 nitrogen and oxygen atoms in total. The monoisotopic (exact) mass is 346 g/mol. The van der Waals surface area contributed by atoms with Crippen molar-refractivity contribution < 1.29 is 23.5 Å². The summed E-state index contributed by atoms with van der Waals surface area (Å²) in [7, 11) is 3.00. The smallest absolute Gasteiger partial charge is 0.255 e. The van der Waals surface area contributed by atoms with Gasteiger partial charge < -0.3 is 20.1 Å². The first-order valence-electron chi connectivity index (χ1n) is 7.50. The number of amides is 2. The predicted molar refractivity (Wildman–Crippen MR) is 89.9 cm³/mol. The molecule has 0 aliphatic heterocycles. The molecule has 2 aromatic rings. The van der Waals surface area contributed by atoms with Crippen LogP contribution in [0.3, 0.4) is 0 Å². The standard InChI is InChI=1S/C18H19FN2O4/c1-21(10-13-5-3-4-6-14(13)19)18(23)12-7-8-15(16(9-12)24-2)25-11-17(20)22/h3-9H,10-11H2,1-2H3,(H2,20,22). The van der Waals surface area contributed by atoms with E-state index in [9.17, 15) is 14.0 Å². The first kappa shape index (κ1) is 18.3. The van der Waals surface area contributed by atoms with Gasteiger partial charge in [-0.25, -0.2) is 4.39 Å². The number of carbonyl (C=O) groups excluding carboxylic acids is 2. The second-order valence-corrected chi connectivity index (χ2v) is 5.37. The third-order valence-corrected chi connectivity index (χ3v) is 3.49. The van der Waals surface area contributed by atoms with Crippen molar-refractivity contribution in [1.29, 1.82) is 0 Å². The molecule has 0 heterocycles. The van der Waals surface area contributed by atoms with Crippen LogP contribution in [0.25, 0.3) is 0 Å². The van der Waals surface area contributed by atoms with Crippen LogP contribution >= 0.6 is 0 Å². The summed E-state index contributed by atoms with van der Waals surface area (Å²) in [4.78, 5) is 24.7. The Hall–Kier alpha value is -3.09. The minimum absolute atomic E-state index is 0.133. The summed E-state index contributed by atoms with van der Waals surface area (Å²) >= 11 is 0. The summed E-state index contributed by atoms with van der Waals surface area (Å²) in [5.74, 6) is -0.689. The number of rotatable bonds is 7. The van der Waals surface area contributed by atoms with E-state index in [1.54, 1.807) is 31.3 Å². The molecule has 25 heavy (non-hydrogen) atoms. The molecule has 0 unspecified atom stereocenters. The van der Waals surface area contributed by atoms with Gasteiger partial charge in [-0.05, 0) is 24.3 Å². The van der Waals surface area contributed by atoms with Crippen LogP contribution < -0.4 is 15.2 Å². The lowest BCUT2D eigenvalue weighted by Crippen LogP contribution is -2.26. The summed E-state index contributed by atoms with van der Waals surface area (Å²) in [6.07, 6.45) is 0. The zero-order chi connectivity index (χ0) is 18.4. The van der Waals surface area contributed by atoms with Crippen LogP contribution in [0, 0.1) is 5.82 Å². The minimum Gasteiger partial charge on any atom is -0.493 e. The zero-order valence-corrected chi connectivity index (χ0v) is 14.0. The molecule has 2 rings (SSSR count). The molecule has 2 aromatic carbocycles. The van der Waals surface area contributed by atoms with Gasteiger partial charge in [0.1, 0.15) is 5.82 Å². The van der Waals surface area contributed by atoms with Gasteiger partial charge >= 0.3 is 0 Å². The quantitative estimate of drug-likeness (QED) is 0.831. The molecule has 2 amide bonds. The maximum absolute atomic E-state index is 13.7. The van der Waals surface area contributed by atoms with Gasteiger partial charge in [-0.2, -0.15) is 0 Å². The topological polar surface area (TPSA) is 81.9 Å². The lowest BCUT2D eigenvalue weighted by Gasteiger charge is -2.18. The number of carbonyl (C=O) groups is 2. The van der Waals surface area contributed by atoms with E-state index in [1.807, 2.05) is 0 Å². The van der Waals surface area contributed by atoms with Crippen LogP contribution in [0.15, 0.2) is 42.5 Å². The number of nitrogens with zero attached hydrogens (tertiary/aromatic N) is 1. The van der Waals surface area contributed by atoms with Gasteiger partial charge in [-0.15, -0.1) is 0 Å². The average molecular weight is 346 g/mol. The van der Waals surface area contributed by atoms with E-state index in [1.165, 1.54) is 30.2 Å². The lowest BCUT2D eigenvalue weighted by atomic mass is 10.1. The minimum atomic E-state index is -0.619. The summed E-state index contributed by atoms with van der Waals surface area (Å²) < 4.78 is 24.1. The first-order chi connectivity index (χ1) is 11.9. The molecule has 0 bridgehead atoms. The van der Waals surface area contributed by atoms with Crippen molar-refractivity contribution in [3.05, 3.63) is 59.4 Å². The van der Waals surface area contributed by atoms with Gasteiger partial charge in [0.15, 0.2) is 18.1 Å². The summed E-state index contributed by atoms with van der Waals surface area (Å²) in [6.45, 7) is -0.162. The molecule has 0 aliphatic carbocycles. The van der Waals surface area contributed by atoms with E-state index in [0.717, 1.165) is 0 Å². The highest BCUT2D eigenvalue weighted by molar-refractivity contribution is 5.94. The van der Waals surface area contributed by atoms with Gasteiger partial charge in [-0.1, -0.05) is 18.2 Å². The molecule has 0 aliphatic rings. The van der Waals surface area contributed by atoms with Crippen molar-refractivity contribution in [2.75, 3.05) is 20.8 Å². The Labute approximate surface area is 144 Å². The van der Waals surface area contributed by atoms with Crippen LogP contribution in [0.5, 0.6) is 11.5 Å². The van der Waals surface area contributed by atoms with E-state index in [4.69, 9.17) is 15.2 Å². The number of methoxy groups -OCH3 is 1. The molecule has 0 atom stereocenters. The molecule has 0 radical (unpaired) electrons. The fourth-order valence-electron chi connectivity index (χ4n) is 2.24. The maximum Gasteiger partial charge on any atom is 0.255 e. The largest absolute Gasteiger partial charge is 0.493 e. The van der Waals surface area contributed by atoms with Crippen LogP contribution in [-0.4, -0.2) is 37.5 Å². The van der Waals surface area contributed by atoms with Crippen LogP contribution in [-0.2, 0) is 11.3 Å². The lowest BCUT2D eigenvalue weighted by molar-refractivity contribution is -0.119. The van der Waals surface area contributed by atoms with Gasteiger partial charge in [0, 0.05) is 24.7 Å². The SMILES string of the molecule is COc1cc(C(=O)N(C)Cc2ccccc2F)ccc1OCC(N)=O. The number of halogens is 1. The summed E-state index contributed by atoms with van der Waals surface area (Å²) in [5, 5.41) is 0. The average Bonchev–Trinajstić information content (AvgIpc) is 2.61. The second kappa shape index (κ2) is 8.14. The Balaban J connectivity index is 2.15. The number of benzene rings is 2. The predicted octanol–water partition coefficient (Wildman–Crippen LogP) is 1.97. The Bertz CT molecular complexity index is 779. The van der Waals surface area contributed by atoms with Crippen LogP contribution in [0.2, 0.25) is 0 Å². The van der Waals surface area contributed by atoms with Gasteiger partial charge in [-0.3, -0.25) is 9.59 Å². The second-order valence-electron chi connectivity index (χ2n) is 5.37. The van der Waals surface area contributed by atoms with Crippen molar-refractivity contribution >= 4 is 11.8 Å². The van der Waals surface area contributed by atoms with E-state index in [0.29, 0.717) is 22.6 Å². The number of nitrogens with two attached hydrogens (primary N) is 1. The van der Waals surface area contributed by atoms with Gasteiger partial charge in [0.2, 0.25) is 0 Å². The molecule has 2 N–H and O–H groups in total. The number of hydrogen-bond acceptors (Lipinski definition) is 4. The van der Waals surface area contributed by atoms with E-state index >= 15 is 0 Å². The van der Waals surface area contributed by atoms with Gasteiger partial charge in [0.25, 0.3) is 11.8 Å². The fraction of sp³-hybridized carbons (Fsp3) is 0.222. The van der Waals surface area contributed by atoms with Crippen LogP contribution in [0.1, 0.15) is 15.9 Å². The van der Waals surface area contributed by atoms with E-state index < -0.39 is 5.91 Å². The van der Waals surface area contributed by atoms with Crippen molar-refractivity contribution in [3.8, 4) is 11.5 Å². The highest BCUT2D eigenvalue weighted by Crippen LogP contribution is 2.28. The molecular weight excluding hydrogens is 327 g/mol. The number of hydrogen-bond donors (Lipinski definition) is 1. The molecule has 7 heteroatoms. The van der Waals surface area contributed by atoms with Crippen LogP contribution in [0.4, 0.5) is 4.39 Å². The number of ether oxygens (including phenoxy) is 2. The Morgan fingerprint density at radius 2 is 1.88 bits per heavy atom. The fourth-order valence-corrected chi connectivity index (χ4v) is 2.24. The zero-order valence-electron chi connectivity index (χ0n) is 14.0. The molecule has 0 saturated heterocycles. The first-order valence-corrected chi connectivity index (χ1v) is 7.50. The Morgan fingerprint density at radius 3 is 2.52 bits per heavy atom. The van der Waals surface area contributed by atoms with E-state index in [-0.39, 0.29) is 24.9 Å². The summed E-state index contributed by atoms with van der Waals surface area (Å²) in [6, 6.07) is 10.8. The molecule has 0 fully saturated rings. The van der Waals surface area contributed by atoms with Crippen molar-refractivity contribution in [2.24, 2.45) is 5.73 Å². The third kappa shape index (κ3) is 4.69. The highest BCUT2D eigenvalue weighted by atomic mass is 19.1.